The van der Waals surface area contributed by atoms with E-state index in [9.17, 15) is 9.59 Å². The molecule has 1 aromatic rings. The maximum Gasteiger partial charge on any atom is 0.335 e. The molecule has 120 valence electrons. The Balaban J connectivity index is 1.89. The lowest BCUT2D eigenvalue weighted by Gasteiger charge is -2.33. The minimum atomic E-state index is -0.906. The Morgan fingerprint density at radius 2 is 2.05 bits per heavy atom. The van der Waals surface area contributed by atoms with E-state index in [0.717, 1.165) is 37.9 Å². The Labute approximate surface area is 130 Å². The molecule has 2 rings (SSSR count). The molecule has 1 amide bonds. The lowest BCUT2D eigenvalue weighted by atomic mass is 9.91. The highest BCUT2D eigenvalue weighted by Crippen LogP contribution is 2.21. The summed E-state index contributed by atoms with van der Waals surface area (Å²) in [7, 11) is 0. The quantitative estimate of drug-likeness (QED) is 0.875. The molecule has 0 radical (unpaired) electrons. The van der Waals surface area contributed by atoms with Gasteiger partial charge in [0.2, 0.25) is 5.91 Å². The van der Waals surface area contributed by atoms with Crippen molar-refractivity contribution < 1.29 is 19.4 Å². The van der Waals surface area contributed by atoms with Gasteiger partial charge in [-0.05, 0) is 49.8 Å². The van der Waals surface area contributed by atoms with Crippen LogP contribution in [0.4, 0.5) is 0 Å². The maximum absolute atomic E-state index is 12.0. The summed E-state index contributed by atoms with van der Waals surface area (Å²) in [5, 5.41) is 8.91. The summed E-state index contributed by atoms with van der Waals surface area (Å²) >= 11 is 0. The second-order valence-corrected chi connectivity index (χ2v) is 5.69. The fourth-order valence-corrected chi connectivity index (χ4v) is 2.86. The summed E-state index contributed by atoms with van der Waals surface area (Å²) in [6, 6.07) is 7.01. The summed E-state index contributed by atoms with van der Waals surface area (Å²) in [6.45, 7) is 4.16. The molecule has 1 heterocycles. The van der Waals surface area contributed by atoms with Crippen LogP contribution >= 0.6 is 0 Å². The number of piperidine rings is 1. The van der Waals surface area contributed by atoms with Crippen molar-refractivity contribution in [3.8, 4) is 0 Å². The first kappa shape index (κ1) is 16.5. The van der Waals surface area contributed by atoms with Gasteiger partial charge in [0.15, 0.2) is 0 Å². The minimum Gasteiger partial charge on any atom is -0.478 e. The van der Waals surface area contributed by atoms with E-state index in [1.165, 1.54) is 0 Å². The SMILES string of the molecule is CCOCC(=O)N1CCC[C@H](Cc2ccc(C(=O)O)cc2)C1. The molecule has 0 saturated carbocycles. The van der Waals surface area contributed by atoms with Crippen LogP contribution in [0.5, 0.6) is 0 Å². The molecule has 5 heteroatoms. The molecule has 0 aromatic heterocycles. The summed E-state index contributed by atoms with van der Waals surface area (Å²) in [5.74, 6) is -0.417. The number of nitrogens with zero attached hydrogens (tertiary/aromatic N) is 1. The normalized spacial score (nSPS) is 18.2. The van der Waals surface area contributed by atoms with Gasteiger partial charge in [-0.15, -0.1) is 0 Å². The standard InChI is InChI=1S/C17H23NO4/c1-2-22-12-16(19)18-9-3-4-14(11-18)10-13-5-7-15(8-6-13)17(20)21/h5-8,14H,2-4,9-12H2,1H3,(H,20,21)/t14-/m1/s1. The molecule has 1 atom stereocenters. The van der Waals surface area contributed by atoms with E-state index in [1.54, 1.807) is 12.1 Å². The molecule has 1 aromatic carbocycles. The number of amides is 1. The van der Waals surface area contributed by atoms with Gasteiger partial charge in [0.25, 0.3) is 0 Å². The Kier molecular flexibility index (Phi) is 5.95. The molecular weight excluding hydrogens is 282 g/mol. The van der Waals surface area contributed by atoms with Gasteiger partial charge in [-0.3, -0.25) is 4.79 Å². The van der Waals surface area contributed by atoms with Crippen molar-refractivity contribution >= 4 is 11.9 Å². The average Bonchev–Trinajstić information content (AvgIpc) is 2.53. The van der Waals surface area contributed by atoms with Crippen LogP contribution in [-0.4, -0.2) is 48.2 Å². The number of hydrogen-bond acceptors (Lipinski definition) is 3. The van der Waals surface area contributed by atoms with E-state index >= 15 is 0 Å². The number of rotatable bonds is 6. The van der Waals surface area contributed by atoms with Crippen LogP contribution in [0.15, 0.2) is 24.3 Å². The van der Waals surface area contributed by atoms with Crippen LogP contribution in [-0.2, 0) is 16.0 Å². The number of carboxylic acids is 1. The van der Waals surface area contributed by atoms with Crippen molar-refractivity contribution in [2.45, 2.75) is 26.2 Å². The van der Waals surface area contributed by atoms with Crippen molar-refractivity contribution in [2.24, 2.45) is 5.92 Å². The largest absolute Gasteiger partial charge is 0.478 e. The van der Waals surface area contributed by atoms with Crippen molar-refractivity contribution in [2.75, 3.05) is 26.3 Å². The first-order valence-electron chi connectivity index (χ1n) is 7.78. The second-order valence-electron chi connectivity index (χ2n) is 5.69. The number of hydrogen-bond donors (Lipinski definition) is 1. The summed E-state index contributed by atoms with van der Waals surface area (Å²) < 4.78 is 5.19. The van der Waals surface area contributed by atoms with Gasteiger partial charge in [-0.2, -0.15) is 0 Å². The molecule has 1 aliphatic rings. The Morgan fingerprint density at radius 3 is 2.68 bits per heavy atom. The van der Waals surface area contributed by atoms with Gasteiger partial charge in [0, 0.05) is 19.7 Å². The maximum atomic E-state index is 12.0. The van der Waals surface area contributed by atoms with Gasteiger partial charge >= 0.3 is 5.97 Å². The second kappa shape index (κ2) is 7.94. The van der Waals surface area contributed by atoms with Crippen LogP contribution < -0.4 is 0 Å². The first-order chi connectivity index (χ1) is 10.6. The molecule has 0 bridgehead atoms. The highest BCUT2D eigenvalue weighted by Gasteiger charge is 2.23. The summed E-state index contributed by atoms with van der Waals surface area (Å²) in [4.78, 5) is 24.7. The van der Waals surface area contributed by atoms with Crippen LogP contribution in [0, 0.1) is 5.92 Å². The van der Waals surface area contributed by atoms with Gasteiger partial charge < -0.3 is 14.7 Å². The molecule has 5 nitrogen and oxygen atoms in total. The van der Waals surface area contributed by atoms with Crippen LogP contribution in [0.25, 0.3) is 0 Å². The molecule has 22 heavy (non-hydrogen) atoms. The molecule has 1 N–H and O–H groups in total. The number of carbonyl (C=O) groups is 2. The lowest BCUT2D eigenvalue weighted by Crippen LogP contribution is -2.42. The van der Waals surface area contributed by atoms with E-state index < -0.39 is 5.97 Å². The zero-order valence-electron chi connectivity index (χ0n) is 13.0. The van der Waals surface area contributed by atoms with Crippen molar-refractivity contribution in [1.82, 2.24) is 4.90 Å². The monoisotopic (exact) mass is 305 g/mol. The molecule has 1 aliphatic heterocycles. The Morgan fingerprint density at radius 1 is 1.32 bits per heavy atom. The highest BCUT2D eigenvalue weighted by atomic mass is 16.5. The van der Waals surface area contributed by atoms with Gasteiger partial charge in [0.05, 0.1) is 5.56 Å². The molecule has 0 aliphatic carbocycles. The van der Waals surface area contributed by atoms with E-state index in [-0.39, 0.29) is 12.5 Å². The smallest absolute Gasteiger partial charge is 0.335 e. The van der Waals surface area contributed by atoms with Crippen LogP contribution in [0.1, 0.15) is 35.7 Å². The Bertz CT molecular complexity index is 512. The van der Waals surface area contributed by atoms with Crippen molar-refractivity contribution in [3.05, 3.63) is 35.4 Å². The first-order valence-corrected chi connectivity index (χ1v) is 7.78. The van der Waals surface area contributed by atoms with Crippen molar-refractivity contribution in [1.29, 1.82) is 0 Å². The van der Waals surface area contributed by atoms with Crippen LogP contribution in [0.2, 0.25) is 0 Å². The lowest BCUT2D eigenvalue weighted by molar-refractivity contribution is -0.137. The number of aromatic carboxylic acids is 1. The third-order valence-electron chi connectivity index (χ3n) is 4.03. The van der Waals surface area contributed by atoms with Gasteiger partial charge in [-0.1, -0.05) is 12.1 Å². The third-order valence-corrected chi connectivity index (χ3v) is 4.03. The van der Waals surface area contributed by atoms with Crippen molar-refractivity contribution in [3.63, 3.8) is 0 Å². The van der Waals surface area contributed by atoms with Gasteiger partial charge in [-0.25, -0.2) is 4.79 Å². The number of likely N-dealkylation sites (tertiary alicyclic amines) is 1. The van der Waals surface area contributed by atoms with E-state index in [2.05, 4.69) is 0 Å². The Hall–Kier alpha value is -1.88. The highest BCUT2D eigenvalue weighted by molar-refractivity contribution is 5.87. The predicted octanol–water partition coefficient (Wildman–Crippen LogP) is 2.20. The number of benzene rings is 1. The van der Waals surface area contributed by atoms with Gasteiger partial charge in [0.1, 0.15) is 6.61 Å². The molecular formula is C17H23NO4. The minimum absolute atomic E-state index is 0.0628. The zero-order chi connectivity index (χ0) is 15.9. The van der Waals surface area contributed by atoms with E-state index in [4.69, 9.17) is 9.84 Å². The van der Waals surface area contributed by atoms with E-state index in [1.807, 2.05) is 24.0 Å². The summed E-state index contributed by atoms with van der Waals surface area (Å²) in [5.41, 5.74) is 1.43. The topological polar surface area (TPSA) is 66.8 Å². The van der Waals surface area contributed by atoms with Crippen LogP contribution in [0.3, 0.4) is 0 Å². The average molecular weight is 305 g/mol. The molecule has 1 saturated heterocycles. The number of carboxylic acid groups (broad SMARTS) is 1. The molecule has 1 fully saturated rings. The fraction of sp³-hybridized carbons (Fsp3) is 0.529. The zero-order valence-corrected chi connectivity index (χ0v) is 13.0. The van der Waals surface area contributed by atoms with E-state index in [0.29, 0.717) is 18.1 Å². The predicted molar refractivity (Wildman–Crippen MR) is 82.9 cm³/mol. The third kappa shape index (κ3) is 4.56. The summed E-state index contributed by atoms with van der Waals surface area (Å²) in [6.07, 6.45) is 2.98. The molecule has 0 unspecified atom stereocenters. The fourth-order valence-electron chi connectivity index (χ4n) is 2.86. The number of carbonyl (C=O) groups excluding carboxylic acids is 1. The number of ether oxygens (including phenoxy) is 1. The molecule has 0 spiro atoms.